The largest absolute Gasteiger partial charge is 0.327 e. The minimum atomic E-state index is -0.475. The molecule has 1 N–H and O–H groups in total. The summed E-state index contributed by atoms with van der Waals surface area (Å²) in [6.45, 7) is 0.381. The lowest BCUT2D eigenvalue weighted by molar-refractivity contribution is -0.114. The summed E-state index contributed by atoms with van der Waals surface area (Å²) in [7, 11) is 1.69. The van der Waals surface area contributed by atoms with Crippen molar-refractivity contribution in [3.8, 4) is 0 Å². The molecule has 0 saturated carbocycles. The molecule has 2 heterocycles. The maximum atomic E-state index is 13.1. The van der Waals surface area contributed by atoms with E-state index in [1.54, 1.807) is 24.1 Å². The van der Waals surface area contributed by atoms with Crippen LogP contribution < -0.4 is 10.2 Å². The van der Waals surface area contributed by atoms with Crippen LogP contribution in [0.3, 0.4) is 0 Å². The Morgan fingerprint density at radius 3 is 2.40 bits per heavy atom. The lowest BCUT2D eigenvalue weighted by Crippen LogP contribution is -2.45. The van der Waals surface area contributed by atoms with Crippen molar-refractivity contribution in [3.05, 3.63) is 76.5 Å². The van der Waals surface area contributed by atoms with Crippen molar-refractivity contribution in [2.75, 3.05) is 18.5 Å². The topological polar surface area (TPSA) is 52.7 Å². The zero-order valence-corrected chi connectivity index (χ0v) is 14.3. The van der Waals surface area contributed by atoms with Crippen molar-refractivity contribution >= 4 is 29.2 Å². The fourth-order valence-corrected chi connectivity index (χ4v) is 3.42. The number of halogens is 1. The van der Waals surface area contributed by atoms with Gasteiger partial charge in [0.1, 0.15) is 0 Å². The molecule has 25 heavy (non-hydrogen) atoms. The van der Waals surface area contributed by atoms with E-state index in [9.17, 15) is 9.59 Å². The number of anilines is 1. The van der Waals surface area contributed by atoms with Crippen molar-refractivity contribution in [1.82, 2.24) is 10.2 Å². The minimum Gasteiger partial charge on any atom is -0.327 e. The van der Waals surface area contributed by atoms with Crippen molar-refractivity contribution in [2.45, 2.75) is 6.04 Å². The minimum absolute atomic E-state index is 0.0898. The van der Waals surface area contributed by atoms with E-state index in [0.29, 0.717) is 17.1 Å². The van der Waals surface area contributed by atoms with Crippen LogP contribution in [0.2, 0.25) is 5.02 Å². The van der Waals surface area contributed by atoms with Gasteiger partial charge in [-0.25, -0.2) is 4.79 Å². The van der Waals surface area contributed by atoms with Crippen LogP contribution in [-0.2, 0) is 4.79 Å². The number of benzene rings is 2. The number of amides is 3. The number of carbonyl (C=O) groups is 2. The molecule has 1 unspecified atom stereocenters. The number of urea groups is 1. The third-order valence-electron chi connectivity index (χ3n) is 4.63. The van der Waals surface area contributed by atoms with Gasteiger partial charge in [-0.3, -0.25) is 9.69 Å². The quantitative estimate of drug-likeness (QED) is 0.900. The van der Waals surface area contributed by atoms with E-state index in [1.807, 2.05) is 42.5 Å². The highest BCUT2D eigenvalue weighted by atomic mass is 35.5. The van der Waals surface area contributed by atoms with Gasteiger partial charge in [-0.2, -0.15) is 0 Å². The van der Waals surface area contributed by atoms with Gasteiger partial charge in [0.15, 0.2) is 0 Å². The molecule has 0 aliphatic carbocycles. The first-order chi connectivity index (χ1) is 12.1. The smallest absolute Gasteiger partial charge is 0.322 e. The second-order valence-corrected chi connectivity index (χ2v) is 6.52. The van der Waals surface area contributed by atoms with Gasteiger partial charge in [0.25, 0.3) is 5.91 Å². The molecule has 5 nitrogen and oxygen atoms in total. The molecule has 0 fully saturated rings. The molecule has 2 aromatic rings. The first-order valence-electron chi connectivity index (χ1n) is 7.96. The van der Waals surface area contributed by atoms with Crippen LogP contribution in [0.4, 0.5) is 10.5 Å². The van der Waals surface area contributed by atoms with Crippen LogP contribution in [0.5, 0.6) is 0 Å². The molecule has 6 heteroatoms. The predicted molar refractivity (Wildman–Crippen MR) is 96.3 cm³/mol. The molecule has 3 amide bonds. The zero-order chi connectivity index (χ0) is 17.6. The molecule has 0 saturated heterocycles. The molecular weight excluding hydrogens is 338 g/mol. The van der Waals surface area contributed by atoms with E-state index < -0.39 is 6.04 Å². The molecule has 126 valence electrons. The molecule has 1 atom stereocenters. The Balaban J connectivity index is 1.77. The lowest BCUT2D eigenvalue weighted by Gasteiger charge is -2.31. The number of nitrogens with zero attached hydrogens (tertiary/aromatic N) is 2. The summed E-state index contributed by atoms with van der Waals surface area (Å²) in [5, 5.41) is 3.53. The van der Waals surface area contributed by atoms with E-state index in [0.717, 1.165) is 16.9 Å². The SMILES string of the molecule is CN1C(=O)NC(c2ccc(Cl)cc2)C2=C1CN(c1ccccc1)C2=O. The van der Waals surface area contributed by atoms with Crippen molar-refractivity contribution in [1.29, 1.82) is 0 Å². The van der Waals surface area contributed by atoms with Crippen LogP contribution in [0.25, 0.3) is 0 Å². The van der Waals surface area contributed by atoms with E-state index in [-0.39, 0.29) is 11.9 Å². The number of rotatable bonds is 2. The average molecular weight is 354 g/mol. The highest BCUT2D eigenvalue weighted by Crippen LogP contribution is 2.37. The first kappa shape index (κ1) is 15.7. The van der Waals surface area contributed by atoms with E-state index >= 15 is 0 Å². The van der Waals surface area contributed by atoms with Crippen LogP contribution in [0.1, 0.15) is 11.6 Å². The molecule has 0 radical (unpaired) electrons. The molecule has 2 aromatic carbocycles. The summed E-state index contributed by atoms with van der Waals surface area (Å²) in [6.07, 6.45) is 0. The van der Waals surface area contributed by atoms with E-state index in [2.05, 4.69) is 5.32 Å². The van der Waals surface area contributed by atoms with Crippen molar-refractivity contribution in [2.24, 2.45) is 0 Å². The monoisotopic (exact) mass is 353 g/mol. The fraction of sp³-hybridized carbons (Fsp3) is 0.158. The number of likely N-dealkylation sites (N-methyl/N-ethyl adjacent to an activating group) is 1. The number of carbonyl (C=O) groups excluding carboxylic acids is 2. The van der Waals surface area contributed by atoms with Crippen LogP contribution in [0, 0.1) is 0 Å². The number of hydrogen-bond donors (Lipinski definition) is 1. The van der Waals surface area contributed by atoms with Gasteiger partial charge in [0.05, 0.1) is 23.9 Å². The Morgan fingerprint density at radius 2 is 1.72 bits per heavy atom. The summed E-state index contributed by atoms with van der Waals surface area (Å²) >= 11 is 5.96. The standard InChI is InChI=1S/C19H16ClN3O2/c1-22-15-11-23(14-5-3-2-4-6-14)18(24)16(15)17(21-19(22)25)12-7-9-13(20)10-8-12/h2-10,17H,11H2,1H3,(H,21,25). The Kier molecular flexibility index (Phi) is 3.73. The third-order valence-corrected chi connectivity index (χ3v) is 4.88. The van der Waals surface area contributed by atoms with Crippen LogP contribution in [-0.4, -0.2) is 30.4 Å². The second-order valence-electron chi connectivity index (χ2n) is 6.08. The molecular formula is C19H16ClN3O2. The maximum Gasteiger partial charge on any atom is 0.322 e. The summed E-state index contributed by atoms with van der Waals surface area (Å²) in [4.78, 5) is 28.7. The number of para-hydroxylation sites is 1. The third kappa shape index (κ3) is 2.57. The average Bonchev–Trinajstić information content (AvgIpc) is 2.97. The molecule has 0 aromatic heterocycles. The summed E-state index contributed by atoms with van der Waals surface area (Å²) in [6, 6.07) is 16.0. The molecule has 2 aliphatic heterocycles. The van der Waals surface area contributed by atoms with Crippen molar-refractivity contribution < 1.29 is 9.59 Å². The zero-order valence-electron chi connectivity index (χ0n) is 13.6. The van der Waals surface area contributed by atoms with Crippen LogP contribution in [0.15, 0.2) is 65.9 Å². The van der Waals surface area contributed by atoms with Crippen LogP contribution >= 0.6 is 11.6 Å². The number of hydrogen-bond acceptors (Lipinski definition) is 2. The summed E-state index contributed by atoms with van der Waals surface area (Å²) in [5.41, 5.74) is 2.99. The van der Waals surface area contributed by atoms with Gasteiger partial charge in [0, 0.05) is 17.8 Å². The predicted octanol–water partition coefficient (Wildman–Crippen LogP) is 3.34. The van der Waals surface area contributed by atoms with Gasteiger partial charge in [0.2, 0.25) is 0 Å². The molecule has 0 spiro atoms. The van der Waals surface area contributed by atoms with Crippen molar-refractivity contribution in [3.63, 3.8) is 0 Å². The van der Waals surface area contributed by atoms with E-state index in [4.69, 9.17) is 11.6 Å². The van der Waals surface area contributed by atoms with Gasteiger partial charge in [-0.05, 0) is 29.8 Å². The normalized spacial score (nSPS) is 20.0. The maximum absolute atomic E-state index is 13.1. The Morgan fingerprint density at radius 1 is 1.04 bits per heavy atom. The molecule has 4 rings (SSSR count). The Labute approximate surface area is 150 Å². The molecule has 2 aliphatic rings. The van der Waals surface area contributed by atoms with Gasteiger partial charge < -0.3 is 10.2 Å². The second kappa shape index (κ2) is 5.93. The summed E-state index contributed by atoms with van der Waals surface area (Å²) in [5.74, 6) is -0.0898. The Hall–Kier alpha value is -2.79. The van der Waals surface area contributed by atoms with Gasteiger partial charge in [-0.15, -0.1) is 0 Å². The van der Waals surface area contributed by atoms with Gasteiger partial charge in [-0.1, -0.05) is 41.9 Å². The molecule has 0 bridgehead atoms. The van der Waals surface area contributed by atoms with Gasteiger partial charge >= 0.3 is 6.03 Å². The first-order valence-corrected chi connectivity index (χ1v) is 8.33. The van der Waals surface area contributed by atoms with E-state index in [1.165, 1.54) is 4.90 Å². The highest BCUT2D eigenvalue weighted by molar-refractivity contribution is 6.30. The summed E-state index contributed by atoms with van der Waals surface area (Å²) < 4.78 is 0. The number of nitrogens with one attached hydrogen (secondary N) is 1. The fourth-order valence-electron chi connectivity index (χ4n) is 3.29. The highest BCUT2D eigenvalue weighted by Gasteiger charge is 2.43. The Bertz CT molecular complexity index is 877. The lowest BCUT2D eigenvalue weighted by atomic mass is 9.96.